The summed E-state index contributed by atoms with van der Waals surface area (Å²) in [6.07, 6.45) is 4.79. The molecule has 0 unspecified atom stereocenters. The van der Waals surface area contributed by atoms with Gasteiger partial charge in [-0.1, -0.05) is 27.7 Å². The Labute approximate surface area is 140 Å². The van der Waals surface area contributed by atoms with Crippen molar-refractivity contribution in [3.63, 3.8) is 0 Å². The van der Waals surface area contributed by atoms with Crippen molar-refractivity contribution in [1.29, 1.82) is 0 Å². The van der Waals surface area contributed by atoms with Gasteiger partial charge < -0.3 is 14.4 Å². The lowest BCUT2D eigenvalue weighted by molar-refractivity contribution is -0.134. The van der Waals surface area contributed by atoms with Gasteiger partial charge in [0, 0.05) is 44.5 Å². The second-order valence-electron chi connectivity index (χ2n) is 7.40. The number of imidazole rings is 1. The number of hydrogen-bond acceptors (Lipinski definition) is 3. The number of carbonyl (C=O) groups is 1. The Balaban J connectivity index is 2.01. The third-order valence-corrected chi connectivity index (χ3v) is 4.51. The van der Waals surface area contributed by atoms with Crippen LogP contribution in [0.1, 0.15) is 58.8 Å². The second-order valence-corrected chi connectivity index (χ2v) is 7.40. The molecule has 0 aromatic carbocycles. The maximum Gasteiger partial charge on any atom is 0.245 e. The van der Waals surface area contributed by atoms with E-state index in [1.54, 1.807) is 6.20 Å². The van der Waals surface area contributed by atoms with Gasteiger partial charge in [0.1, 0.15) is 11.9 Å². The summed E-state index contributed by atoms with van der Waals surface area (Å²) in [7, 11) is 0. The van der Waals surface area contributed by atoms with Crippen LogP contribution in [0.2, 0.25) is 0 Å². The van der Waals surface area contributed by atoms with Crippen LogP contribution in [0.25, 0.3) is 0 Å². The van der Waals surface area contributed by atoms with E-state index in [0.29, 0.717) is 11.8 Å². The average molecular weight is 320 g/mol. The van der Waals surface area contributed by atoms with E-state index < -0.39 is 0 Å². The van der Waals surface area contributed by atoms with E-state index in [-0.39, 0.29) is 11.9 Å². The molecule has 0 spiro atoms. The predicted octanol–water partition coefficient (Wildman–Crippen LogP) is 2.76. The summed E-state index contributed by atoms with van der Waals surface area (Å²) in [6.45, 7) is 15.6. The molecule has 2 rings (SSSR count). The predicted molar refractivity (Wildman–Crippen MR) is 93.5 cm³/mol. The van der Waals surface area contributed by atoms with E-state index in [9.17, 15) is 4.79 Å². The van der Waals surface area contributed by atoms with Crippen LogP contribution in [0.5, 0.6) is 0 Å². The molecule has 1 aromatic heterocycles. The summed E-state index contributed by atoms with van der Waals surface area (Å²) in [5, 5.41) is 0. The van der Waals surface area contributed by atoms with E-state index >= 15 is 0 Å². The highest BCUT2D eigenvalue weighted by Crippen LogP contribution is 2.19. The zero-order valence-electron chi connectivity index (χ0n) is 15.3. The van der Waals surface area contributed by atoms with Crippen molar-refractivity contribution in [3.05, 3.63) is 18.2 Å². The minimum Gasteiger partial charge on any atom is -0.340 e. The van der Waals surface area contributed by atoms with Gasteiger partial charge in [0.25, 0.3) is 0 Å². The summed E-state index contributed by atoms with van der Waals surface area (Å²) >= 11 is 0. The molecule has 1 saturated heterocycles. The Morgan fingerprint density at radius 2 is 1.87 bits per heavy atom. The van der Waals surface area contributed by atoms with Gasteiger partial charge in [-0.3, -0.25) is 4.79 Å². The van der Waals surface area contributed by atoms with Crippen molar-refractivity contribution in [2.24, 2.45) is 5.92 Å². The van der Waals surface area contributed by atoms with Crippen LogP contribution in [-0.4, -0.2) is 58.0 Å². The molecule has 5 nitrogen and oxygen atoms in total. The van der Waals surface area contributed by atoms with Crippen molar-refractivity contribution >= 4 is 5.91 Å². The molecule has 1 aliphatic rings. The Kier molecular flexibility index (Phi) is 6.22. The Morgan fingerprint density at radius 1 is 1.13 bits per heavy atom. The lowest BCUT2D eigenvalue weighted by atomic mass is 10.2. The fraction of sp³-hybridized carbons (Fsp3) is 0.778. The van der Waals surface area contributed by atoms with Gasteiger partial charge in [0.15, 0.2) is 0 Å². The number of carbonyl (C=O) groups excluding carboxylic acids is 1. The SMILES string of the molecule is CC(C)CN1CCCN(C(=O)[C@H](C)n2ccnc2C(C)C)CC1. The second kappa shape index (κ2) is 7.95. The maximum atomic E-state index is 12.9. The Hall–Kier alpha value is -1.36. The zero-order chi connectivity index (χ0) is 17.0. The van der Waals surface area contributed by atoms with Crippen LogP contribution >= 0.6 is 0 Å². The van der Waals surface area contributed by atoms with E-state index in [0.717, 1.165) is 45.0 Å². The van der Waals surface area contributed by atoms with Gasteiger partial charge in [-0.05, 0) is 25.8 Å². The van der Waals surface area contributed by atoms with Crippen molar-refractivity contribution in [2.45, 2.75) is 53.0 Å². The van der Waals surface area contributed by atoms with Crippen LogP contribution in [0.15, 0.2) is 12.4 Å². The Bertz CT molecular complexity index is 509. The van der Waals surface area contributed by atoms with Crippen LogP contribution in [0, 0.1) is 5.92 Å². The molecule has 130 valence electrons. The maximum absolute atomic E-state index is 12.9. The molecule has 5 heteroatoms. The van der Waals surface area contributed by atoms with Crippen LogP contribution in [-0.2, 0) is 4.79 Å². The minimum absolute atomic E-state index is 0.174. The number of amides is 1. The standard InChI is InChI=1S/C18H32N4O/c1-14(2)13-20-8-6-9-21(12-11-20)18(23)16(5)22-10-7-19-17(22)15(3)4/h7,10,14-16H,6,8-9,11-13H2,1-5H3/t16-/m0/s1. The molecule has 1 amide bonds. The molecular formula is C18H32N4O. The first-order chi connectivity index (χ1) is 10.9. The first kappa shape index (κ1) is 18.0. The zero-order valence-corrected chi connectivity index (χ0v) is 15.3. The summed E-state index contributed by atoms with van der Waals surface area (Å²) in [5.41, 5.74) is 0. The van der Waals surface area contributed by atoms with Crippen molar-refractivity contribution < 1.29 is 4.79 Å². The molecule has 0 N–H and O–H groups in total. The third-order valence-electron chi connectivity index (χ3n) is 4.51. The molecule has 1 aliphatic heterocycles. The molecule has 1 atom stereocenters. The molecule has 2 heterocycles. The molecule has 23 heavy (non-hydrogen) atoms. The average Bonchev–Trinajstić information content (AvgIpc) is 2.87. The van der Waals surface area contributed by atoms with Crippen molar-refractivity contribution in [3.8, 4) is 0 Å². The number of aromatic nitrogens is 2. The third kappa shape index (κ3) is 4.56. The van der Waals surface area contributed by atoms with Crippen LogP contribution < -0.4 is 0 Å². The topological polar surface area (TPSA) is 41.4 Å². The first-order valence-electron chi connectivity index (χ1n) is 8.94. The van der Waals surface area contributed by atoms with Crippen molar-refractivity contribution in [2.75, 3.05) is 32.7 Å². The van der Waals surface area contributed by atoms with Gasteiger partial charge in [-0.25, -0.2) is 4.98 Å². The number of nitrogens with zero attached hydrogens (tertiary/aromatic N) is 4. The molecule has 0 aliphatic carbocycles. The Morgan fingerprint density at radius 3 is 2.52 bits per heavy atom. The largest absolute Gasteiger partial charge is 0.340 e. The molecule has 1 aromatic rings. The fourth-order valence-corrected chi connectivity index (χ4v) is 3.37. The monoisotopic (exact) mass is 320 g/mol. The summed E-state index contributed by atoms with van der Waals surface area (Å²) in [5.74, 6) is 2.21. The van der Waals surface area contributed by atoms with Gasteiger partial charge in [-0.15, -0.1) is 0 Å². The van der Waals surface area contributed by atoms with E-state index in [2.05, 4.69) is 37.6 Å². The molecular weight excluding hydrogens is 288 g/mol. The smallest absolute Gasteiger partial charge is 0.245 e. The molecule has 0 radical (unpaired) electrons. The van der Waals surface area contributed by atoms with Gasteiger partial charge in [0.05, 0.1) is 0 Å². The highest BCUT2D eigenvalue weighted by molar-refractivity contribution is 5.80. The molecule has 0 saturated carbocycles. The van der Waals surface area contributed by atoms with E-state index in [1.807, 2.05) is 22.6 Å². The van der Waals surface area contributed by atoms with Gasteiger partial charge >= 0.3 is 0 Å². The highest BCUT2D eigenvalue weighted by Gasteiger charge is 2.26. The summed E-state index contributed by atoms with van der Waals surface area (Å²) < 4.78 is 2.03. The lowest BCUT2D eigenvalue weighted by Gasteiger charge is -2.26. The van der Waals surface area contributed by atoms with Gasteiger partial charge in [0.2, 0.25) is 5.91 Å². The highest BCUT2D eigenvalue weighted by atomic mass is 16.2. The van der Waals surface area contributed by atoms with E-state index in [4.69, 9.17) is 0 Å². The number of hydrogen-bond donors (Lipinski definition) is 0. The normalized spacial score (nSPS) is 18.5. The number of rotatable bonds is 5. The minimum atomic E-state index is -0.174. The summed E-state index contributed by atoms with van der Waals surface area (Å²) in [4.78, 5) is 21.8. The quantitative estimate of drug-likeness (QED) is 0.838. The van der Waals surface area contributed by atoms with Crippen LogP contribution in [0.4, 0.5) is 0 Å². The van der Waals surface area contributed by atoms with E-state index in [1.165, 1.54) is 0 Å². The fourth-order valence-electron chi connectivity index (χ4n) is 3.37. The molecule has 1 fully saturated rings. The van der Waals surface area contributed by atoms with Crippen LogP contribution in [0.3, 0.4) is 0 Å². The first-order valence-corrected chi connectivity index (χ1v) is 8.94. The van der Waals surface area contributed by atoms with Gasteiger partial charge in [-0.2, -0.15) is 0 Å². The molecule has 0 bridgehead atoms. The lowest BCUT2D eigenvalue weighted by Crippen LogP contribution is -2.39. The summed E-state index contributed by atoms with van der Waals surface area (Å²) in [6, 6.07) is -0.174. The van der Waals surface area contributed by atoms with Crippen molar-refractivity contribution in [1.82, 2.24) is 19.4 Å².